The molecule has 1 heterocycles. The minimum Gasteiger partial charge on any atom is -0.423 e. The zero-order valence-corrected chi connectivity index (χ0v) is 11.8. The average Bonchev–Trinajstić information content (AvgIpc) is 2.38. The van der Waals surface area contributed by atoms with Gasteiger partial charge in [-0.05, 0) is 37.1 Å². The van der Waals surface area contributed by atoms with Crippen molar-refractivity contribution in [1.29, 1.82) is 0 Å². The molecule has 4 nitrogen and oxygen atoms in total. The molecule has 5 heteroatoms. The van der Waals surface area contributed by atoms with Crippen LogP contribution in [0.1, 0.15) is 17.0 Å². The fraction of sp³-hybridized carbons (Fsp3) is 0.267. The Morgan fingerprint density at radius 1 is 1.10 bits per heavy atom. The van der Waals surface area contributed by atoms with Gasteiger partial charge in [-0.1, -0.05) is 30.3 Å². The van der Waals surface area contributed by atoms with E-state index >= 15 is 0 Å². The number of aryl methyl sites for hydroxylation is 1. The van der Waals surface area contributed by atoms with Gasteiger partial charge in [0.2, 0.25) is 0 Å². The molecule has 0 atom stereocenters. The third kappa shape index (κ3) is 4.16. The van der Waals surface area contributed by atoms with Gasteiger partial charge in [-0.2, -0.15) is 0 Å². The Kier molecular flexibility index (Phi) is 4.90. The highest BCUT2D eigenvalue weighted by Gasteiger charge is 2.11. The average molecular weight is 270 g/mol. The lowest BCUT2D eigenvalue weighted by atomic mass is 9.79. The maximum atomic E-state index is 9.18. The molecule has 0 bridgehead atoms. The molecule has 0 saturated carbocycles. The van der Waals surface area contributed by atoms with Gasteiger partial charge >= 0.3 is 7.12 Å². The van der Waals surface area contributed by atoms with Gasteiger partial charge in [0.1, 0.15) is 0 Å². The van der Waals surface area contributed by atoms with E-state index in [1.165, 1.54) is 0 Å². The van der Waals surface area contributed by atoms with Gasteiger partial charge in [0.15, 0.2) is 0 Å². The van der Waals surface area contributed by atoms with E-state index < -0.39 is 7.12 Å². The third-order valence-electron chi connectivity index (χ3n) is 3.08. The number of benzene rings is 1. The highest BCUT2D eigenvalue weighted by Crippen LogP contribution is 2.06. The van der Waals surface area contributed by atoms with Crippen LogP contribution in [-0.4, -0.2) is 34.1 Å². The second-order valence-corrected chi connectivity index (χ2v) is 5.06. The molecule has 0 unspecified atom stereocenters. The molecule has 0 radical (unpaired) electrons. The molecular formula is C15H19BN2O2. The number of hydrogen-bond acceptors (Lipinski definition) is 4. The molecule has 1 aromatic heterocycles. The van der Waals surface area contributed by atoms with E-state index in [9.17, 15) is 10.0 Å². The van der Waals surface area contributed by atoms with Crippen molar-refractivity contribution < 1.29 is 10.0 Å². The Bertz CT molecular complexity index is 575. The Hall–Kier alpha value is -1.69. The number of pyridine rings is 1. The molecule has 1 aromatic carbocycles. The van der Waals surface area contributed by atoms with Crippen LogP contribution in [0.4, 0.5) is 0 Å². The maximum Gasteiger partial charge on any atom is 0.488 e. The van der Waals surface area contributed by atoms with E-state index in [4.69, 9.17) is 0 Å². The van der Waals surface area contributed by atoms with Crippen LogP contribution < -0.4 is 5.46 Å². The van der Waals surface area contributed by atoms with Crippen LogP contribution in [0.2, 0.25) is 0 Å². The first kappa shape index (κ1) is 14.7. The summed E-state index contributed by atoms with van der Waals surface area (Å²) in [5, 5.41) is 18.4. The van der Waals surface area contributed by atoms with E-state index in [1.54, 1.807) is 6.07 Å². The van der Waals surface area contributed by atoms with Gasteiger partial charge in [-0.3, -0.25) is 9.88 Å². The van der Waals surface area contributed by atoms with E-state index in [1.807, 2.05) is 50.4 Å². The fourth-order valence-electron chi connectivity index (χ4n) is 2.18. The van der Waals surface area contributed by atoms with Crippen molar-refractivity contribution in [2.75, 3.05) is 7.05 Å². The summed E-state index contributed by atoms with van der Waals surface area (Å²) in [6, 6.07) is 13.3. The van der Waals surface area contributed by atoms with E-state index in [0.29, 0.717) is 5.46 Å². The van der Waals surface area contributed by atoms with Crippen molar-refractivity contribution >= 4 is 12.6 Å². The summed E-state index contributed by atoms with van der Waals surface area (Å²) in [7, 11) is 0.602. The molecule has 0 amide bonds. The first-order valence-corrected chi connectivity index (χ1v) is 6.60. The summed E-state index contributed by atoms with van der Waals surface area (Å²) >= 11 is 0. The first-order chi connectivity index (χ1) is 9.54. The molecule has 0 aliphatic heterocycles. The predicted octanol–water partition coefficient (Wildman–Crippen LogP) is 0.702. The normalized spacial score (nSPS) is 10.8. The van der Waals surface area contributed by atoms with Crippen LogP contribution >= 0.6 is 0 Å². The Labute approximate surface area is 119 Å². The van der Waals surface area contributed by atoms with E-state index in [0.717, 1.165) is 30.0 Å². The van der Waals surface area contributed by atoms with Crippen molar-refractivity contribution in [3.05, 3.63) is 59.4 Å². The number of hydrogen-bond donors (Lipinski definition) is 2. The zero-order chi connectivity index (χ0) is 14.5. The van der Waals surface area contributed by atoms with Gasteiger partial charge in [-0.25, -0.2) is 0 Å². The molecule has 0 aliphatic carbocycles. The minimum atomic E-state index is -1.42. The van der Waals surface area contributed by atoms with Crippen molar-refractivity contribution in [3.8, 4) is 0 Å². The van der Waals surface area contributed by atoms with E-state index in [2.05, 4.69) is 9.88 Å². The highest BCUT2D eigenvalue weighted by atomic mass is 16.4. The lowest BCUT2D eigenvalue weighted by Crippen LogP contribution is -2.30. The smallest absolute Gasteiger partial charge is 0.423 e. The summed E-state index contributed by atoms with van der Waals surface area (Å²) in [6.45, 7) is 3.47. The Balaban J connectivity index is 2.01. The number of aromatic nitrogens is 1. The van der Waals surface area contributed by atoms with Crippen LogP contribution in [0, 0.1) is 6.92 Å². The monoisotopic (exact) mass is 270 g/mol. The fourth-order valence-corrected chi connectivity index (χ4v) is 2.18. The standard InChI is InChI=1S/C15H19BN2O2/c1-12-5-3-8-15(17-12)11-18(2)10-13-6-4-7-14(9-13)16(19)20/h3-9,19-20H,10-11H2,1-2H3. The van der Waals surface area contributed by atoms with Crippen molar-refractivity contribution in [2.45, 2.75) is 20.0 Å². The molecule has 104 valence electrons. The molecule has 0 fully saturated rings. The second kappa shape index (κ2) is 6.66. The van der Waals surface area contributed by atoms with Gasteiger partial charge in [0, 0.05) is 18.8 Å². The van der Waals surface area contributed by atoms with Crippen molar-refractivity contribution in [3.63, 3.8) is 0 Å². The van der Waals surface area contributed by atoms with Crippen LogP contribution in [0.3, 0.4) is 0 Å². The van der Waals surface area contributed by atoms with Crippen LogP contribution in [0.5, 0.6) is 0 Å². The van der Waals surface area contributed by atoms with Gasteiger partial charge in [0.05, 0.1) is 5.69 Å². The zero-order valence-electron chi connectivity index (χ0n) is 11.8. The largest absolute Gasteiger partial charge is 0.488 e. The van der Waals surface area contributed by atoms with Crippen molar-refractivity contribution in [1.82, 2.24) is 9.88 Å². The molecule has 0 aliphatic rings. The van der Waals surface area contributed by atoms with E-state index in [-0.39, 0.29) is 0 Å². The first-order valence-electron chi connectivity index (χ1n) is 6.60. The molecule has 20 heavy (non-hydrogen) atoms. The third-order valence-corrected chi connectivity index (χ3v) is 3.08. The molecule has 2 aromatic rings. The lowest BCUT2D eigenvalue weighted by molar-refractivity contribution is 0.315. The molecular weight excluding hydrogens is 251 g/mol. The van der Waals surface area contributed by atoms with Gasteiger partial charge in [-0.15, -0.1) is 0 Å². The number of nitrogens with zero attached hydrogens (tertiary/aromatic N) is 2. The highest BCUT2D eigenvalue weighted by molar-refractivity contribution is 6.58. The molecule has 0 saturated heterocycles. The molecule has 0 spiro atoms. The number of rotatable bonds is 5. The minimum absolute atomic E-state index is 0.518. The summed E-state index contributed by atoms with van der Waals surface area (Å²) < 4.78 is 0. The van der Waals surface area contributed by atoms with Crippen LogP contribution in [0.25, 0.3) is 0 Å². The van der Waals surface area contributed by atoms with Crippen LogP contribution in [0.15, 0.2) is 42.5 Å². The SMILES string of the molecule is Cc1cccc(CN(C)Cc2cccc(B(O)O)c2)n1. The van der Waals surface area contributed by atoms with Gasteiger partial charge in [0.25, 0.3) is 0 Å². The van der Waals surface area contributed by atoms with Gasteiger partial charge < -0.3 is 10.0 Å². The molecule has 2 rings (SSSR count). The van der Waals surface area contributed by atoms with Crippen molar-refractivity contribution in [2.24, 2.45) is 0 Å². The van der Waals surface area contributed by atoms with Crippen LogP contribution in [-0.2, 0) is 13.1 Å². The topological polar surface area (TPSA) is 56.6 Å². The Morgan fingerprint density at radius 2 is 1.85 bits per heavy atom. The second-order valence-electron chi connectivity index (χ2n) is 5.06. The maximum absolute atomic E-state index is 9.18. The Morgan fingerprint density at radius 3 is 2.55 bits per heavy atom. The summed E-state index contributed by atoms with van der Waals surface area (Å²) in [6.07, 6.45) is 0. The predicted molar refractivity (Wildman–Crippen MR) is 80.4 cm³/mol. The summed E-state index contributed by atoms with van der Waals surface area (Å²) in [5.74, 6) is 0. The summed E-state index contributed by atoms with van der Waals surface area (Å²) in [4.78, 5) is 6.62. The summed E-state index contributed by atoms with van der Waals surface area (Å²) in [5.41, 5.74) is 3.61. The lowest BCUT2D eigenvalue weighted by Gasteiger charge is -2.17. The molecule has 2 N–H and O–H groups in total. The quantitative estimate of drug-likeness (QED) is 0.785.